The second kappa shape index (κ2) is 19.1. The van der Waals surface area contributed by atoms with Gasteiger partial charge in [-0.15, -0.1) is 0 Å². The van der Waals surface area contributed by atoms with E-state index in [-0.39, 0.29) is 36.0 Å². The zero-order chi connectivity index (χ0) is 45.0. The van der Waals surface area contributed by atoms with E-state index in [1.807, 2.05) is 39.8 Å². The Hall–Kier alpha value is -6.48. The van der Waals surface area contributed by atoms with Crippen molar-refractivity contribution in [3.05, 3.63) is 107 Å². The maximum absolute atomic E-state index is 15.3. The van der Waals surface area contributed by atoms with Gasteiger partial charge in [-0.1, -0.05) is 62.3 Å². The number of H-pyrrole nitrogens is 1. The zero-order valence-corrected chi connectivity index (χ0v) is 37.3. The third-order valence-corrected chi connectivity index (χ3v) is 12.8. The molecular weight excluding hydrogens is 812 g/mol. The quantitative estimate of drug-likeness (QED) is 0.0932. The number of aryl methyl sites for hydroxylation is 1. The first-order valence-electron chi connectivity index (χ1n) is 22.2. The van der Waals surface area contributed by atoms with Gasteiger partial charge in [-0.05, 0) is 110 Å². The van der Waals surface area contributed by atoms with E-state index in [2.05, 4.69) is 81.9 Å². The lowest BCUT2D eigenvalue weighted by atomic mass is 9.87. The Morgan fingerprint density at radius 1 is 0.953 bits per heavy atom. The summed E-state index contributed by atoms with van der Waals surface area (Å²) in [6.45, 7) is 13.2. The van der Waals surface area contributed by atoms with E-state index in [1.54, 1.807) is 25.5 Å². The summed E-state index contributed by atoms with van der Waals surface area (Å²) in [6.07, 6.45) is 6.62. The summed E-state index contributed by atoms with van der Waals surface area (Å²) in [5.41, 5.74) is 8.67. The van der Waals surface area contributed by atoms with E-state index in [4.69, 9.17) is 4.52 Å². The molecule has 8 rings (SSSR count). The molecule has 2 aliphatic rings. The fraction of sp³-hybridized carbons (Fsp3) is 0.408. The Labute approximate surface area is 373 Å². The molecule has 0 radical (unpaired) electrons. The Balaban J connectivity index is 0.820. The van der Waals surface area contributed by atoms with Gasteiger partial charge in [-0.25, -0.2) is 14.4 Å². The second-order valence-electron chi connectivity index (χ2n) is 18.1. The lowest BCUT2D eigenvalue weighted by Gasteiger charge is -2.38. The van der Waals surface area contributed by atoms with Gasteiger partial charge in [0.25, 0.3) is 0 Å². The van der Waals surface area contributed by atoms with Crippen molar-refractivity contribution >= 4 is 40.6 Å². The number of hydrogen-bond acceptors (Lipinski definition) is 10. The normalized spacial score (nSPS) is 15.4. The summed E-state index contributed by atoms with van der Waals surface area (Å²) in [6, 6.07) is 22.0. The average Bonchev–Trinajstić information content (AvgIpc) is 3.99. The zero-order valence-electron chi connectivity index (χ0n) is 37.3. The van der Waals surface area contributed by atoms with Gasteiger partial charge in [0.2, 0.25) is 12.3 Å². The van der Waals surface area contributed by atoms with E-state index in [1.165, 1.54) is 16.5 Å². The highest BCUT2D eigenvalue weighted by Gasteiger charge is 2.28. The van der Waals surface area contributed by atoms with Crippen molar-refractivity contribution in [3.8, 4) is 22.5 Å². The standard InChI is InChI=1S/C49H57FN10O4/c1-31-24-36(10-11-37(31)27-52-46(63)47-56-48(57-64-47)49(2,3)4)44-39-26-41(55-45(39)54-29-53-44)35-8-6-33(7-9-35)34-16-19-58(20-17-34)28-32-14-21-59(22-15-32)42-13-12-38(25-40(42)50)60(30-61)23-18-43(62)51-5/h6-13,24-26,29-30,32,34H,14-23,27-28H2,1-5H3,(H,51,62)(H,52,63)(H,53,54,55). The summed E-state index contributed by atoms with van der Waals surface area (Å²) in [5.74, 6) is 0.585. The van der Waals surface area contributed by atoms with E-state index in [0.29, 0.717) is 42.0 Å². The molecule has 0 spiro atoms. The fourth-order valence-electron chi connectivity index (χ4n) is 8.86. The molecule has 0 unspecified atom stereocenters. The first-order valence-corrected chi connectivity index (χ1v) is 22.2. The molecule has 0 atom stereocenters. The van der Waals surface area contributed by atoms with Crippen LogP contribution in [0, 0.1) is 18.7 Å². The van der Waals surface area contributed by atoms with Crippen LogP contribution in [0.4, 0.5) is 15.8 Å². The summed E-state index contributed by atoms with van der Waals surface area (Å²) >= 11 is 0. The van der Waals surface area contributed by atoms with Gasteiger partial charge in [0.15, 0.2) is 5.82 Å². The topological polar surface area (TPSA) is 165 Å². The van der Waals surface area contributed by atoms with Crippen molar-refractivity contribution in [1.29, 1.82) is 0 Å². The van der Waals surface area contributed by atoms with Crippen molar-refractivity contribution in [3.63, 3.8) is 0 Å². The number of halogens is 1. The van der Waals surface area contributed by atoms with Crippen molar-refractivity contribution < 1.29 is 23.3 Å². The number of likely N-dealkylation sites (tertiary alicyclic amines) is 1. The molecule has 3 aromatic carbocycles. The number of rotatable bonds is 14. The lowest BCUT2D eigenvalue weighted by Crippen LogP contribution is -2.41. The van der Waals surface area contributed by atoms with E-state index < -0.39 is 5.91 Å². The average molecular weight is 869 g/mol. The SMILES string of the molecule is CNC(=O)CCN(C=O)c1ccc(N2CCC(CN3CCC(c4ccc(-c5cc6c(-c7ccc(CNC(=O)c8nc(C(C)(C)C)no8)c(C)c7)ncnc6[nH]5)cc4)CC3)CC2)c(F)c1. The molecule has 5 heterocycles. The van der Waals surface area contributed by atoms with Crippen LogP contribution in [0.5, 0.6) is 0 Å². The van der Waals surface area contributed by atoms with Crippen LogP contribution in [0.1, 0.15) is 92.0 Å². The summed E-state index contributed by atoms with van der Waals surface area (Å²) in [4.78, 5) is 59.1. The number of piperidine rings is 2. The molecule has 3 aromatic heterocycles. The van der Waals surface area contributed by atoms with Crippen LogP contribution < -0.4 is 20.4 Å². The molecule has 2 aliphatic heterocycles. The highest BCUT2D eigenvalue weighted by Crippen LogP contribution is 2.35. The monoisotopic (exact) mass is 868 g/mol. The summed E-state index contributed by atoms with van der Waals surface area (Å²) < 4.78 is 20.5. The number of anilines is 2. The Bertz CT molecular complexity index is 2600. The molecule has 334 valence electrons. The highest BCUT2D eigenvalue weighted by molar-refractivity contribution is 5.94. The number of nitrogens with zero attached hydrogens (tertiary/aromatic N) is 7. The van der Waals surface area contributed by atoms with E-state index in [9.17, 15) is 14.4 Å². The van der Waals surface area contributed by atoms with E-state index >= 15 is 4.39 Å². The largest absolute Gasteiger partial charge is 0.369 e. The van der Waals surface area contributed by atoms with Crippen LogP contribution in [-0.4, -0.2) is 94.5 Å². The van der Waals surface area contributed by atoms with Gasteiger partial charge in [0, 0.05) is 73.9 Å². The molecule has 2 saturated heterocycles. The number of carbonyl (C=O) groups excluding carboxylic acids is 3. The molecule has 64 heavy (non-hydrogen) atoms. The van der Waals surface area contributed by atoms with Gasteiger partial charge in [-0.2, -0.15) is 4.98 Å². The number of aromatic nitrogens is 5. The van der Waals surface area contributed by atoms with Crippen LogP contribution in [0.3, 0.4) is 0 Å². The van der Waals surface area contributed by atoms with Crippen molar-refractivity contribution in [2.45, 2.75) is 77.7 Å². The second-order valence-corrected chi connectivity index (χ2v) is 18.1. The molecular formula is C49H57FN10O4. The van der Waals surface area contributed by atoms with Gasteiger partial charge in [0.1, 0.15) is 17.8 Å². The molecule has 14 nitrogen and oxygen atoms in total. The highest BCUT2D eigenvalue weighted by atomic mass is 19.1. The van der Waals surface area contributed by atoms with Crippen molar-refractivity contribution in [1.82, 2.24) is 40.6 Å². The van der Waals surface area contributed by atoms with Gasteiger partial charge in [-0.3, -0.25) is 14.4 Å². The molecule has 3 N–H and O–H groups in total. The Kier molecular flexibility index (Phi) is 13.2. The van der Waals surface area contributed by atoms with E-state index in [0.717, 1.165) is 103 Å². The molecule has 15 heteroatoms. The number of benzene rings is 3. The fourth-order valence-corrected chi connectivity index (χ4v) is 8.86. The van der Waals surface area contributed by atoms with Crippen molar-refractivity contribution in [2.24, 2.45) is 5.92 Å². The number of carbonyl (C=O) groups is 3. The van der Waals surface area contributed by atoms with Gasteiger partial charge < -0.3 is 34.8 Å². The predicted molar refractivity (Wildman–Crippen MR) is 246 cm³/mol. The minimum Gasteiger partial charge on any atom is -0.369 e. The number of hydrogen-bond donors (Lipinski definition) is 3. The molecule has 0 bridgehead atoms. The predicted octanol–water partition coefficient (Wildman–Crippen LogP) is 7.54. The third kappa shape index (κ3) is 9.99. The van der Waals surface area contributed by atoms with Gasteiger partial charge >= 0.3 is 11.8 Å². The van der Waals surface area contributed by atoms with Gasteiger partial charge in [0.05, 0.1) is 11.4 Å². The van der Waals surface area contributed by atoms with Crippen LogP contribution in [0.25, 0.3) is 33.5 Å². The summed E-state index contributed by atoms with van der Waals surface area (Å²) in [7, 11) is 1.55. The number of fused-ring (bicyclic) bond motifs is 1. The molecule has 2 fully saturated rings. The van der Waals surface area contributed by atoms with Crippen LogP contribution >= 0.6 is 0 Å². The minimum absolute atomic E-state index is 0.0484. The maximum Gasteiger partial charge on any atom is 0.315 e. The number of amides is 3. The van der Waals surface area contributed by atoms with Crippen LogP contribution in [0.2, 0.25) is 0 Å². The maximum atomic E-state index is 15.3. The Morgan fingerprint density at radius 2 is 1.70 bits per heavy atom. The first kappa shape index (κ1) is 44.1. The smallest absolute Gasteiger partial charge is 0.315 e. The Morgan fingerprint density at radius 3 is 2.38 bits per heavy atom. The number of aromatic amines is 1. The minimum atomic E-state index is -0.410. The van der Waals surface area contributed by atoms with Crippen LogP contribution in [-0.2, 0) is 21.5 Å². The van der Waals surface area contributed by atoms with Crippen LogP contribution in [0.15, 0.2) is 77.6 Å². The lowest BCUT2D eigenvalue weighted by molar-refractivity contribution is -0.120. The first-order chi connectivity index (χ1) is 30.9. The summed E-state index contributed by atoms with van der Waals surface area (Å²) in [5, 5.41) is 10.3. The molecule has 0 aliphatic carbocycles. The molecule has 0 saturated carbocycles. The number of nitrogens with one attached hydrogen (secondary N) is 3. The van der Waals surface area contributed by atoms with Crippen molar-refractivity contribution in [2.75, 3.05) is 56.1 Å². The molecule has 3 amide bonds. The third-order valence-electron chi connectivity index (χ3n) is 12.8. The molecule has 6 aromatic rings.